The van der Waals surface area contributed by atoms with Gasteiger partial charge in [-0.3, -0.25) is 4.79 Å². The summed E-state index contributed by atoms with van der Waals surface area (Å²) in [5, 5.41) is 0.230. The van der Waals surface area contributed by atoms with Crippen molar-refractivity contribution in [1.82, 2.24) is 0 Å². The highest BCUT2D eigenvalue weighted by molar-refractivity contribution is 6.35. The molecule has 1 aromatic carbocycles. The zero-order valence-electron chi connectivity index (χ0n) is 12.2. The molecule has 0 amide bonds. The molecule has 0 N–H and O–H groups in total. The fourth-order valence-electron chi connectivity index (χ4n) is 1.40. The van der Waals surface area contributed by atoms with Crippen LogP contribution in [-0.4, -0.2) is 45.6 Å². The molecule has 0 radical (unpaired) electrons. The molecule has 118 valence electrons. The first-order chi connectivity index (χ1) is 10.6. The first-order valence-corrected chi connectivity index (χ1v) is 6.69. The number of ketones is 1. The maximum absolute atomic E-state index is 12.0. The summed E-state index contributed by atoms with van der Waals surface area (Å²) in [7, 11) is 2.97. The van der Waals surface area contributed by atoms with Gasteiger partial charge in [0.05, 0.1) is 24.4 Å². The largest absolute Gasteiger partial charge is 0.486 e. The standard InChI is InChI=1S/C15H16ClNO5/c1-20-7-8-22-15(19)6-5-14(18)12-4-3-11(9-13(12)16)17-10-21-2/h3-6,9-10H,7-8H2,1-2H3/b6-5+,17-10+. The smallest absolute Gasteiger partial charge is 0.330 e. The third kappa shape index (κ3) is 6.07. The Morgan fingerprint density at radius 3 is 2.64 bits per heavy atom. The molecule has 0 aliphatic heterocycles. The van der Waals surface area contributed by atoms with Gasteiger partial charge >= 0.3 is 5.97 Å². The Hall–Kier alpha value is -2.18. The number of benzene rings is 1. The van der Waals surface area contributed by atoms with E-state index in [0.717, 1.165) is 12.2 Å². The van der Waals surface area contributed by atoms with Gasteiger partial charge in [-0.25, -0.2) is 9.79 Å². The zero-order chi connectivity index (χ0) is 16.4. The summed E-state index contributed by atoms with van der Waals surface area (Å²) in [5.74, 6) is -1.03. The Labute approximate surface area is 133 Å². The van der Waals surface area contributed by atoms with Crippen LogP contribution < -0.4 is 0 Å². The molecule has 6 nitrogen and oxygen atoms in total. The molecule has 1 rings (SSSR count). The van der Waals surface area contributed by atoms with Gasteiger partial charge in [0.2, 0.25) is 0 Å². The molecule has 1 aromatic rings. The average molecular weight is 326 g/mol. The number of ether oxygens (including phenoxy) is 3. The van der Waals surface area contributed by atoms with Crippen LogP contribution >= 0.6 is 11.6 Å². The summed E-state index contributed by atoms with van der Waals surface area (Å²) < 4.78 is 14.2. The number of methoxy groups -OCH3 is 2. The van der Waals surface area contributed by atoms with E-state index in [9.17, 15) is 9.59 Å². The zero-order valence-corrected chi connectivity index (χ0v) is 13.0. The molecule has 0 aliphatic rings. The Kier molecular flexibility index (Phi) is 7.88. The van der Waals surface area contributed by atoms with Crippen LogP contribution in [-0.2, 0) is 19.0 Å². The topological polar surface area (TPSA) is 74.2 Å². The van der Waals surface area contributed by atoms with Crippen molar-refractivity contribution in [2.75, 3.05) is 27.4 Å². The third-order valence-electron chi connectivity index (χ3n) is 2.43. The quantitative estimate of drug-likeness (QED) is 0.183. The minimum absolute atomic E-state index is 0.126. The number of rotatable bonds is 8. The van der Waals surface area contributed by atoms with Crippen molar-refractivity contribution in [2.24, 2.45) is 4.99 Å². The second kappa shape index (κ2) is 9.70. The molecule has 7 heteroatoms. The Balaban J connectivity index is 2.69. The van der Waals surface area contributed by atoms with E-state index in [1.165, 1.54) is 32.8 Å². The molecule has 0 bridgehead atoms. The predicted molar refractivity (Wildman–Crippen MR) is 82.9 cm³/mol. The van der Waals surface area contributed by atoms with Crippen LogP contribution in [0.2, 0.25) is 5.02 Å². The molecule has 0 saturated carbocycles. The van der Waals surface area contributed by atoms with E-state index >= 15 is 0 Å². The van der Waals surface area contributed by atoms with Gasteiger partial charge in [0.25, 0.3) is 0 Å². The number of halogens is 1. The molecule has 0 heterocycles. The van der Waals surface area contributed by atoms with Crippen molar-refractivity contribution in [3.8, 4) is 0 Å². The Morgan fingerprint density at radius 1 is 1.23 bits per heavy atom. The normalized spacial score (nSPS) is 11.0. The van der Waals surface area contributed by atoms with Crippen molar-refractivity contribution >= 4 is 35.4 Å². The first kappa shape index (κ1) is 17.9. The van der Waals surface area contributed by atoms with Gasteiger partial charge in [-0.1, -0.05) is 11.6 Å². The second-order valence-electron chi connectivity index (χ2n) is 3.99. The van der Waals surface area contributed by atoms with Crippen LogP contribution in [0.4, 0.5) is 5.69 Å². The van der Waals surface area contributed by atoms with E-state index < -0.39 is 11.8 Å². The van der Waals surface area contributed by atoms with Gasteiger partial charge in [-0.05, 0) is 24.3 Å². The van der Waals surface area contributed by atoms with Gasteiger partial charge in [0, 0.05) is 18.7 Å². The average Bonchev–Trinajstić information content (AvgIpc) is 2.51. The summed E-state index contributed by atoms with van der Waals surface area (Å²) >= 11 is 6.02. The van der Waals surface area contributed by atoms with Gasteiger partial charge in [0.15, 0.2) is 12.2 Å². The van der Waals surface area contributed by atoms with Crippen LogP contribution in [0.15, 0.2) is 35.3 Å². The molecular formula is C15H16ClNO5. The highest BCUT2D eigenvalue weighted by Crippen LogP contribution is 2.23. The van der Waals surface area contributed by atoms with Crippen LogP contribution in [0.25, 0.3) is 0 Å². The molecule has 0 aromatic heterocycles. The van der Waals surface area contributed by atoms with Gasteiger partial charge < -0.3 is 14.2 Å². The summed E-state index contributed by atoms with van der Waals surface area (Å²) in [5.41, 5.74) is 0.810. The fourth-order valence-corrected chi connectivity index (χ4v) is 1.67. The maximum Gasteiger partial charge on any atom is 0.330 e. The van der Waals surface area contributed by atoms with E-state index in [1.54, 1.807) is 6.07 Å². The minimum Gasteiger partial charge on any atom is -0.486 e. The monoisotopic (exact) mass is 325 g/mol. The fraction of sp³-hybridized carbons (Fsp3) is 0.267. The van der Waals surface area contributed by atoms with E-state index in [0.29, 0.717) is 12.3 Å². The van der Waals surface area contributed by atoms with Gasteiger partial charge in [-0.15, -0.1) is 0 Å². The number of carbonyl (C=O) groups is 2. The lowest BCUT2D eigenvalue weighted by Gasteiger charge is -2.02. The van der Waals surface area contributed by atoms with Gasteiger partial charge in [0.1, 0.15) is 6.61 Å². The number of hydrogen-bond acceptors (Lipinski definition) is 6. The SMILES string of the molecule is CO/C=N/c1ccc(C(=O)/C=C/C(=O)OCCOC)c(Cl)c1. The van der Waals surface area contributed by atoms with Crippen molar-refractivity contribution in [2.45, 2.75) is 0 Å². The van der Waals surface area contributed by atoms with Crippen molar-refractivity contribution in [1.29, 1.82) is 0 Å². The lowest BCUT2D eigenvalue weighted by molar-refractivity contribution is -0.138. The Bertz CT molecular complexity index is 583. The molecule has 0 unspecified atom stereocenters. The van der Waals surface area contributed by atoms with Crippen LogP contribution in [0, 0.1) is 0 Å². The van der Waals surface area contributed by atoms with E-state index in [2.05, 4.69) is 4.99 Å². The van der Waals surface area contributed by atoms with Crippen molar-refractivity contribution in [3.63, 3.8) is 0 Å². The minimum atomic E-state index is -0.622. The number of hydrogen-bond donors (Lipinski definition) is 0. The molecule has 0 spiro atoms. The molecule has 22 heavy (non-hydrogen) atoms. The van der Waals surface area contributed by atoms with E-state index in [1.807, 2.05) is 0 Å². The number of esters is 1. The number of aliphatic imine (C=N–C) groups is 1. The number of carbonyl (C=O) groups excluding carboxylic acids is 2. The predicted octanol–water partition coefficient (Wildman–Crippen LogP) is 2.57. The maximum atomic E-state index is 12.0. The highest BCUT2D eigenvalue weighted by atomic mass is 35.5. The molecular weight excluding hydrogens is 310 g/mol. The van der Waals surface area contributed by atoms with Crippen molar-refractivity contribution in [3.05, 3.63) is 40.9 Å². The second-order valence-corrected chi connectivity index (χ2v) is 4.40. The molecule has 0 atom stereocenters. The summed E-state index contributed by atoms with van der Waals surface area (Å²) in [6.07, 6.45) is 3.41. The lowest BCUT2D eigenvalue weighted by Crippen LogP contribution is -2.07. The summed E-state index contributed by atoms with van der Waals surface area (Å²) in [6.45, 7) is 0.420. The number of allylic oxidation sites excluding steroid dienone is 1. The Morgan fingerprint density at radius 2 is 2.00 bits per heavy atom. The molecule has 0 aliphatic carbocycles. The number of nitrogens with zero attached hydrogens (tertiary/aromatic N) is 1. The van der Waals surface area contributed by atoms with Crippen LogP contribution in [0.1, 0.15) is 10.4 Å². The molecule has 0 saturated heterocycles. The van der Waals surface area contributed by atoms with E-state index in [-0.39, 0.29) is 17.2 Å². The van der Waals surface area contributed by atoms with Gasteiger partial charge in [-0.2, -0.15) is 0 Å². The molecule has 0 fully saturated rings. The summed E-state index contributed by atoms with van der Waals surface area (Å²) in [4.78, 5) is 27.2. The van der Waals surface area contributed by atoms with Crippen molar-refractivity contribution < 1.29 is 23.8 Å². The van der Waals surface area contributed by atoms with E-state index in [4.69, 9.17) is 25.8 Å². The third-order valence-corrected chi connectivity index (χ3v) is 2.74. The van der Waals surface area contributed by atoms with Crippen LogP contribution in [0.5, 0.6) is 0 Å². The lowest BCUT2D eigenvalue weighted by atomic mass is 10.1. The summed E-state index contributed by atoms with van der Waals surface area (Å²) in [6, 6.07) is 4.65. The van der Waals surface area contributed by atoms with Crippen LogP contribution in [0.3, 0.4) is 0 Å². The highest BCUT2D eigenvalue weighted by Gasteiger charge is 2.09. The first-order valence-electron chi connectivity index (χ1n) is 6.31.